The van der Waals surface area contributed by atoms with Crippen molar-refractivity contribution in [3.63, 3.8) is 0 Å². The zero-order valence-corrected chi connectivity index (χ0v) is 13.8. The molecule has 1 aromatic heterocycles. The summed E-state index contributed by atoms with van der Waals surface area (Å²) in [5.74, 6) is 0.442. The molecule has 2 unspecified atom stereocenters. The van der Waals surface area contributed by atoms with Gasteiger partial charge in [-0.05, 0) is 25.5 Å². The molecule has 2 aliphatic rings. The Kier molecular flexibility index (Phi) is 4.92. The zero-order valence-electron chi connectivity index (χ0n) is 13.0. The summed E-state index contributed by atoms with van der Waals surface area (Å²) in [5.41, 5.74) is 7.67. The van der Waals surface area contributed by atoms with Crippen molar-refractivity contribution in [1.29, 1.82) is 0 Å². The highest BCUT2D eigenvalue weighted by molar-refractivity contribution is 8.00. The minimum atomic E-state index is 0.0532. The Balaban J connectivity index is 1.75. The van der Waals surface area contributed by atoms with Gasteiger partial charge in [0.2, 0.25) is 0 Å². The van der Waals surface area contributed by atoms with Crippen molar-refractivity contribution < 1.29 is 4.74 Å². The predicted octanol–water partition coefficient (Wildman–Crippen LogP) is 2.99. The molecule has 1 aromatic rings. The first-order chi connectivity index (χ1) is 10.2. The van der Waals surface area contributed by atoms with Crippen molar-refractivity contribution >= 4 is 11.8 Å². The molecule has 2 atom stereocenters. The molecule has 0 amide bonds. The number of ether oxygens (including phenoxy) is 1. The average molecular weight is 309 g/mol. The number of nitrogens with two attached hydrogens (primary N) is 1. The summed E-state index contributed by atoms with van der Waals surface area (Å²) in [6.07, 6.45) is 14.0. The van der Waals surface area contributed by atoms with E-state index in [1.807, 2.05) is 24.3 Å². The van der Waals surface area contributed by atoms with Crippen molar-refractivity contribution in [2.24, 2.45) is 11.7 Å². The number of thioether (sulfide) groups is 1. The molecule has 0 bridgehead atoms. The van der Waals surface area contributed by atoms with E-state index in [0.717, 1.165) is 26.2 Å². The molecule has 0 radical (unpaired) electrons. The first-order valence-electron chi connectivity index (χ1n) is 8.13. The molecule has 118 valence electrons. The number of aromatic nitrogens is 2. The average Bonchev–Trinajstić information content (AvgIpc) is 3.19. The van der Waals surface area contributed by atoms with E-state index in [4.69, 9.17) is 10.5 Å². The van der Waals surface area contributed by atoms with Gasteiger partial charge in [-0.3, -0.25) is 0 Å². The molecule has 21 heavy (non-hydrogen) atoms. The second kappa shape index (κ2) is 6.71. The van der Waals surface area contributed by atoms with Gasteiger partial charge in [0.15, 0.2) is 0 Å². The number of hydrogen-bond donors (Lipinski definition) is 1. The molecule has 0 spiro atoms. The third-order valence-corrected chi connectivity index (χ3v) is 6.62. The van der Waals surface area contributed by atoms with Gasteiger partial charge in [-0.2, -0.15) is 11.8 Å². The SMILES string of the molecule is CSC1(Cn2cncc2C(N)C2CCOC2)CCCCC1. The van der Waals surface area contributed by atoms with Crippen molar-refractivity contribution in [3.8, 4) is 0 Å². The maximum Gasteiger partial charge on any atom is 0.0949 e. The van der Waals surface area contributed by atoms with Crippen molar-refractivity contribution in [2.75, 3.05) is 19.5 Å². The summed E-state index contributed by atoms with van der Waals surface area (Å²) in [6, 6.07) is 0.0532. The fraction of sp³-hybridized carbons (Fsp3) is 0.812. The van der Waals surface area contributed by atoms with Crippen molar-refractivity contribution in [2.45, 2.75) is 55.9 Å². The van der Waals surface area contributed by atoms with Gasteiger partial charge in [0.25, 0.3) is 0 Å². The van der Waals surface area contributed by atoms with Crippen LogP contribution in [0.1, 0.15) is 50.3 Å². The van der Waals surface area contributed by atoms with E-state index >= 15 is 0 Å². The van der Waals surface area contributed by atoms with Gasteiger partial charge in [0.1, 0.15) is 0 Å². The van der Waals surface area contributed by atoms with Crippen LogP contribution < -0.4 is 5.73 Å². The first kappa shape index (κ1) is 15.4. The van der Waals surface area contributed by atoms with Crippen LogP contribution in [0.25, 0.3) is 0 Å². The fourth-order valence-corrected chi connectivity index (χ4v) is 4.72. The monoisotopic (exact) mass is 309 g/mol. The normalized spacial score (nSPS) is 26.9. The molecule has 3 rings (SSSR count). The van der Waals surface area contributed by atoms with Gasteiger partial charge in [-0.1, -0.05) is 19.3 Å². The summed E-state index contributed by atoms with van der Waals surface area (Å²) in [7, 11) is 0. The van der Waals surface area contributed by atoms with Crippen LogP contribution in [0.5, 0.6) is 0 Å². The maximum absolute atomic E-state index is 6.49. The van der Waals surface area contributed by atoms with Crippen LogP contribution in [0.4, 0.5) is 0 Å². The van der Waals surface area contributed by atoms with Crippen LogP contribution in [0.2, 0.25) is 0 Å². The Morgan fingerprint density at radius 3 is 2.95 bits per heavy atom. The van der Waals surface area contributed by atoms with Crippen LogP contribution in [0.15, 0.2) is 12.5 Å². The molecule has 2 heterocycles. The molecular formula is C16H27N3OS. The quantitative estimate of drug-likeness (QED) is 0.908. The largest absolute Gasteiger partial charge is 0.381 e. The Labute approximate surface area is 131 Å². The molecular weight excluding hydrogens is 282 g/mol. The first-order valence-corrected chi connectivity index (χ1v) is 9.35. The van der Waals surface area contributed by atoms with Crippen molar-refractivity contribution in [1.82, 2.24) is 9.55 Å². The van der Waals surface area contributed by atoms with Gasteiger partial charge >= 0.3 is 0 Å². The van der Waals surface area contributed by atoms with Gasteiger partial charge < -0.3 is 15.0 Å². The third kappa shape index (κ3) is 3.30. The predicted molar refractivity (Wildman–Crippen MR) is 87.4 cm³/mol. The Bertz CT molecular complexity index is 450. The molecule has 0 aromatic carbocycles. The van der Waals surface area contributed by atoms with Crippen LogP contribution in [0.3, 0.4) is 0 Å². The standard InChI is InChI=1S/C16H27N3OS/c1-21-16(6-3-2-4-7-16)11-19-12-18-9-14(19)15(17)13-5-8-20-10-13/h9,12-13,15H,2-8,10-11,17H2,1H3. The summed E-state index contributed by atoms with van der Waals surface area (Å²) >= 11 is 2.03. The zero-order chi connectivity index (χ0) is 14.7. The highest BCUT2D eigenvalue weighted by Crippen LogP contribution is 2.40. The lowest BCUT2D eigenvalue weighted by Crippen LogP contribution is -2.34. The van der Waals surface area contributed by atoms with E-state index in [1.54, 1.807) is 0 Å². The van der Waals surface area contributed by atoms with E-state index in [-0.39, 0.29) is 6.04 Å². The minimum Gasteiger partial charge on any atom is -0.381 e. The van der Waals surface area contributed by atoms with Gasteiger partial charge in [-0.25, -0.2) is 4.98 Å². The smallest absolute Gasteiger partial charge is 0.0949 e. The molecule has 2 N–H and O–H groups in total. The van der Waals surface area contributed by atoms with E-state index in [1.165, 1.54) is 37.8 Å². The lowest BCUT2D eigenvalue weighted by atomic mass is 9.88. The van der Waals surface area contributed by atoms with E-state index in [9.17, 15) is 0 Å². The van der Waals surface area contributed by atoms with E-state index in [2.05, 4.69) is 15.8 Å². The molecule has 2 fully saturated rings. The third-order valence-electron chi connectivity index (χ3n) is 5.22. The van der Waals surface area contributed by atoms with E-state index < -0.39 is 0 Å². The van der Waals surface area contributed by atoms with Crippen LogP contribution in [0, 0.1) is 5.92 Å². The molecule has 1 saturated carbocycles. The van der Waals surface area contributed by atoms with E-state index in [0.29, 0.717) is 10.7 Å². The van der Waals surface area contributed by atoms with Crippen LogP contribution in [-0.4, -0.2) is 33.8 Å². The van der Waals surface area contributed by atoms with Crippen LogP contribution in [-0.2, 0) is 11.3 Å². The fourth-order valence-electron chi connectivity index (χ4n) is 3.75. The molecule has 4 nitrogen and oxygen atoms in total. The molecule has 1 aliphatic carbocycles. The lowest BCUT2D eigenvalue weighted by molar-refractivity contribution is 0.180. The number of hydrogen-bond acceptors (Lipinski definition) is 4. The molecule has 1 aliphatic heterocycles. The summed E-state index contributed by atoms with van der Waals surface area (Å²) in [6.45, 7) is 2.69. The highest BCUT2D eigenvalue weighted by Gasteiger charge is 2.33. The summed E-state index contributed by atoms with van der Waals surface area (Å²) in [4.78, 5) is 4.38. The highest BCUT2D eigenvalue weighted by atomic mass is 32.2. The maximum atomic E-state index is 6.49. The number of nitrogens with zero attached hydrogens (tertiary/aromatic N) is 2. The minimum absolute atomic E-state index is 0.0532. The van der Waals surface area contributed by atoms with Crippen LogP contribution >= 0.6 is 11.8 Å². The topological polar surface area (TPSA) is 53.1 Å². The van der Waals surface area contributed by atoms with Crippen molar-refractivity contribution in [3.05, 3.63) is 18.2 Å². The molecule has 1 saturated heterocycles. The second-order valence-electron chi connectivity index (χ2n) is 6.54. The summed E-state index contributed by atoms with van der Waals surface area (Å²) in [5, 5.41) is 0. The number of rotatable bonds is 5. The van der Waals surface area contributed by atoms with Gasteiger partial charge in [-0.15, -0.1) is 0 Å². The second-order valence-corrected chi connectivity index (χ2v) is 7.82. The lowest BCUT2D eigenvalue weighted by Gasteiger charge is -2.37. The van der Waals surface area contributed by atoms with Gasteiger partial charge in [0, 0.05) is 30.0 Å². The van der Waals surface area contributed by atoms with Gasteiger partial charge in [0.05, 0.1) is 24.7 Å². The summed E-state index contributed by atoms with van der Waals surface area (Å²) < 4.78 is 8.18. The Morgan fingerprint density at radius 1 is 1.48 bits per heavy atom. The Hall–Kier alpha value is -0.520. The Morgan fingerprint density at radius 2 is 2.29 bits per heavy atom. The molecule has 5 heteroatoms. The number of imidazole rings is 1.